The summed E-state index contributed by atoms with van der Waals surface area (Å²) in [5.41, 5.74) is -0.804. The van der Waals surface area contributed by atoms with Crippen molar-refractivity contribution in [3.8, 4) is 6.07 Å². The lowest BCUT2D eigenvalue weighted by atomic mass is 9.97. The standard InChI is InChI=1S/C13H15ClN2O3S/c1-13(17)5-2-6-16(9-13)20(18,19)12-7-10(8-15)3-4-11(12)14/h3-4,7,17H,2,5-6,9H2,1H3. The summed E-state index contributed by atoms with van der Waals surface area (Å²) in [6.45, 7) is 1.98. The summed E-state index contributed by atoms with van der Waals surface area (Å²) in [4.78, 5) is -0.0871. The number of β-amino-alcohol motifs (C(OH)–C–C–N with tert-alkyl or cyclic N) is 1. The highest BCUT2D eigenvalue weighted by Gasteiger charge is 2.36. The zero-order valence-electron chi connectivity index (χ0n) is 11.0. The van der Waals surface area contributed by atoms with Crippen molar-refractivity contribution in [2.45, 2.75) is 30.3 Å². The van der Waals surface area contributed by atoms with E-state index in [0.29, 0.717) is 19.4 Å². The molecule has 1 aromatic carbocycles. The maximum atomic E-state index is 12.6. The van der Waals surface area contributed by atoms with Crippen molar-refractivity contribution in [3.63, 3.8) is 0 Å². The second-order valence-electron chi connectivity index (χ2n) is 5.20. The molecule has 1 atom stereocenters. The number of nitrogens with zero attached hydrogens (tertiary/aromatic N) is 2. The summed E-state index contributed by atoms with van der Waals surface area (Å²) < 4.78 is 26.4. The van der Waals surface area contributed by atoms with Gasteiger partial charge in [0.25, 0.3) is 0 Å². The molecule has 1 fully saturated rings. The number of rotatable bonds is 2. The first-order valence-electron chi connectivity index (χ1n) is 6.18. The predicted octanol–water partition coefficient (Wildman–Crippen LogP) is 1.75. The van der Waals surface area contributed by atoms with E-state index in [1.54, 1.807) is 6.92 Å². The van der Waals surface area contributed by atoms with Gasteiger partial charge in [-0.3, -0.25) is 0 Å². The molecule has 1 N–H and O–H groups in total. The van der Waals surface area contributed by atoms with Gasteiger partial charge in [-0.25, -0.2) is 8.42 Å². The SMILES string of the molecule is CC1(O)CCCN(S(=O)(=O)c2cc(C#N)ccc2Cl)C1. The Hall–Kier alpha value is -1.13. The van der Waals surface area contributed by atoms with Crippen LogP contribution in [0.15, 0.2) is 23.1 Å². The fourth-order valence-corrected chi connectivity index (χ4v) is 4.39. The van der Waals surface area contributed by atoms with Crippen molar-refractivity contribution in [1.82, 2.24) is 4.31 Å². The molecule has 1 heterocycles. The first-order valence-corrected chi connectivity index (χ1v) is 8.00. The molecular formula is C13H15ClN2O3S. The number of hydrogen-bond donors (Lipinski definition) is 1. The minimum atomic E-state index is -3.81. The highest BCUT2D eigenvalue weighted by molar-refractivity contribution is 7.89. The van der Waals surface area contributed by atoms with Gasteiger partial charge in [-0.1, -0.05) is 11.6 Å². The van der Waals surface area contributed by atoms with Gasteiger partial charge in [0.1, 0.15) is 4.90 Å². The van der Waals surface area contributed by atoms with Crippen LogP contribution in [0.4, 0.5) is 0 Å². The maximum absolute atomic E-state index is 12.6. The molecule has 7 heteroatoms. The van der Waals surface area contributed by atoms with Crippen LogP contribution in [0, 0.1) is 11.3 Å². The van der Waals surface area contributed by atoms with Crippen LogP contribution >= 0.6 is 11.6 Å². The van der Waals surface area contributed by atoms with Gasteiger partial charge >= 0.3 is 0 Å². The van der Waals surface area contributed by atoms with Crippen molar-refractivity contribution in [2.24, 2.45) is 0 Å². The Morgan fingerprint density at radius 2 is 2.20 bits per heavy atom. The van der Waals surface area contributed by atoms with E-state index in [2.05, 4.69) is 0 Å². The highest BCUT2D eigenvalue weighted by Crippen LogP contribution is 2.30. The molecule has 5 nitrogen and oxygen atoms in total. The molecule has 1 unspecified atom stereocenters. The van der Waals surface area contributed by atoms with E-state index in [-0.39, 0.29) is 22.0 Å². The third-order valence-electron chi connectivity index (χ3n) is 3.32. The van der Waals surface area contributed by atoms with Crippen molar-refractivity contribution < 1.29 is 13.5 Å². The quantitative estimate of drug-likeness (QED) is 0.901. The molecule has 0 radical (unpaired) electrons. The fraction of sp³-hybridized carbons (Fsp3) is 0.462. The fourth-order valence-electron chi connectivity index (χ4n) is 2.29. The van der Waals surface area contributed by atoms with Gasteiger partial charge in [-0.15, -0.1) is 0 Å². The molecule has 20 heavy (non-hydrogen) atoms. The monoisotopic (exact) mass is 314 g/mol. The van der Waals surface area contributed by atoms with Gasteiger partial charge < -0.3 is 5.11 Å². The van der Waals surface area contributed by atoms with Crippen molar-refractivity contribution in [2.75, 3.05) is 13.1 Å². The summed E-state index contributed by atoms with van der Waals surface area (Å²) in [7, 11) is -3.81. The van der Waals surface area contributed by atoms with E-state index in [1.807, 2.05) is 6.07 Å². The van der Waals surface area contributed by atoms with E-state index in [4.69, 9.17) is 16.9 Å². The van der Waals surface area contributed by atoms with Crippen molar-refractivity contribution >= 4 is 21.6 Å². The Morgan fingerprint density at radius 1 is 1.50 bits per heavy atom. The molecule has 0 aromatic heterocycles. The maximum Gasteiger partial charge on any atom is 0.244 e. The molecular weight excluding hydrogens is 300 g/mol. The number of hydrogen-bond acceptors (Lipinski definition) is 4. The van der Waals surface area contributed by atoms with Crippen molar-refractivity contribution in [1.29, 1.82) is 5.26 Å². The van der Waals surface area contributed by atoms with Gasteiger partial charge in [0, 0.05) is 13.1 Å². The average Bonchev–Trinajstić information content (AvgIpc) is 2.38. The van der Waals surface area contributed by atoms with Crippen LogP contribution in [0.3, 0.4) is 0 Å². The lowest BCUT2D eigenvalue weighted by Crippen LogP contribution is -2.48. The third kappa shape index (κ3) is 2.96. The molecule has 1 aliphatic rings. The van der Waals surface area contributed by atoms with Gasteiger partial charge in [-0.05, 0) is 38.0 Å². The van der Waals surface area contributed by atoms with Crippen LogP contribution in [-0.2, 0) is 10.0 Å². The molecule has 1 aliphatic heterocycles. The summed E-state index contributed by atoms with van der Waals surface area (Å²) >= 11 is 5.95. The largest absolute Gasteiger partial charge is 0.389 e. The van der Waals surface area contributed by atoms with E-state index < -0.39 is 15.6 Å². The molecule has 0 bridgehead atoms. The van der Waals surface area contributed by atoms with Crippen LogP contribution < -0.4 is 0 Å². The zero-order valence-corrected chi connectivity index (χ0v) is 12.6. The number of sulfonamides is 1. The molecule has 0 saturated carbocycles. The molecule has 0 amide bonds. The van der Waals surface area contributed by atoms with Crippen LogP contribution in [0.5, 0.6) is 0 Å². The van der Waals surface area contributed by atoms with Gasteiger partial charge in [0.05, 0.1) is 22.3 Å². The second kappa shape index (κ2) is 5.34. The molecule has 1 aromatic rings. The molecule has 108 valence electrons. The Bertz CT molecular complexity index is 665. The molecule has 1 saturated heterocycles. The second-order valence-corrected chi connectivity index (χ2v) is 7.51. The number of nitriles is 1. The van der Waals surface area contributed by atoms with Gasteiger partial charge in [0.2, 0.25) is 10.0 Å². The van der Waals surface area contributed by atoms with E-state index in [1.165, 1.54) is 22.5 Å². The van der Waals surface area contributed by atoms with E-state index in [0.717, 1.165) is 0 Å². The Morgan fingerprint density at radius 3 is 2.80 bits per heavy atom. The minimum absolute atomic E-state index is 0.0302. The highest BCUT2D eigenvalue weighted by atomic mass is 35.5. The smallest absolute Gasteiger partial charge is 0.244 e. The number of benzene rings is 1. The lowest BCUT2D eigenvalue weighted by molar-refractivity contribution is 0.00940. The topological polar surface area (TPSA) is 81.4 Å². The van der Waals surface area contributed by atoms with Crippen LogP contribution in [0.25, 0.3) is 0 Å². The Labute approximate surface area is 123 Å². The average molecular weight is 315 g/mol. The van der Waals surface area contributed by atoms with Crippen LogP contribution in [0.1, 0.15) is 25.3 Å². The summed E-state index contributed by atoms with van der Waals surface area (Å²) in [5, 5.41) is 19.0. The first kappa shape index (κ1) is 15.3. The van der Waals surface area contributed by atoms with Crippen LogP contribution in [-0.4, -0.2) is 36.5 Å². The molecule has 0 spiro atoms. The number of halogens is 1. The summed E-state index contributed by atoms with van der Waals surface area (Å²) in [6.07, 6.45) is 1.15. The lowest BCUT2D eigenvalue weighted by Gasteiger charge is -2.36. The van der Waals surface area contributed by atoms with E-state index in [9.17, 15) is 13.5 Å². The number of aliphatic hydroxyl groups is 1. The van der Waals surface area contributed by atoms with Gasteiger partial charge in [0.15, 0.2) is 0 Å². The third-order valence-corrected chi connectivity index (χ3v) is 5.64. The van der Waals surface area contributed by atoms with Crippen molar-refractivity contribution in [3.05, 3.63) is 28.8 Å². The zero-order chi connectivity index (χ0) is 15.0. The summed E-state index contributed by atoms with van der Waals surface area (Å²) in [6, 6.07) is 6.02. The van der Waals surface area contributed by atoms with Crippen LogP contribution in [0.2, 0.25) is 5.02 Å². The minimum Gasteiger partial charge on any atom is -0.389 e. The molecule has 0 aliphatic carbocycles. The normalized spacial score (nSPS) is 24.3. The predicted molar refractivity (Wildman–Crippen MR) is 74.8 cm³/mol. The Balaban J connectivity index is 2.43. The van der Waals surface area contributed by atoms with E-state index >= 15 is 0 Å². The Kier molecular flexibility index (Phi) is 4.07. The molecule has 2 rings (SSSR count). The van der Waals surface area contributed by atoms with Gasteiger partial charge in [-0.2, -0.15) is 9.57 Å². The number of piperidine rings is 1. The summed E-state index contributed by atoms with van der Waals surface area (Å²) in [5.74, 6) is 0. The first-order chi connectivity index (χ1) is 9.26.